The molecule has 2 unspecified atom stereocenters. The van der Waals surface area contributed by atoms with E-state index in [9.17, 15) is 4.79 Å². The second-order valence-corrected chi connectivity index (χ2v) is 10.9. The molecular formula is C20H29N5O2S. The van der Waals surface area contributed by atoms with Gasteiger partial charge in [-0.05, 0) is 63.3 Å². The van der Waals surface area contributed by atoms with Gasteiger partial charge in [0, 0.05) is 18.5 Å². The Morgan fingerprint density at radius 1 is 1.14 bits per heavy atom. The Bertz CT molecular complexity index is 747. The molecule has 0 spiro atoms. The normalized spacial score (nSPS) is 42.0. The van der Waals surface area contributed by atoms with Crippen molar-refractivity contribution in [1.29, 1.82) is 0 Å². The van der Waals surface area contributed by atoms with Crippen molar-refractivity contribution in [3.63, 3.8) is 0 Å². The molecular weight excluding hydrogens is 374 g/mol. The summed E-state index contributed by atoms with van der Waals surface area (Å²) >= 11 is 1.61. The van der Waals surface area contributed by atoms with Crippen molar-refractivity contribution in [2.45, 2.75) is 56.1 Å². The lowest BCUT2D eigenvalue weighted by atomic mass is 9.50. The van der Waals surface area contributed by atoms with Crippen LogP contribution in [0.2, 0.25) is 0 Å². The van der Waals surface area contributed by atoms with Gasteiger partial charge in [0.15, 0.2) is 0 Å². The second kappa shape index (κ2) is 6.37. The highest BCUT2D eigenvalue weighted by Crippen LogP contribution is 2.61. The Hall–Kier alpha value is -1.25. The Labute approximate surface area is 169 Å². The van der Waals surface area contributed by atoms with Gasteiger partial charge in [-0.1, -0.05) is 11.3 Å². The molecule has 28 heavy (non-hydrogen) atoms. The smallest absolute Gasteiger partial charge is 0.323 e. The number of urea groups is 1. The predicted molar refractivity (Wildman–Crippen MR) is 107 cm³/mol. The summed E-state index contributed by atoms with van der Waals surface area (Å²) in [6.45, 7) is 3.05. The maximum atomic E-state index is 12.8. The standard InChI is InChI=1S/C20H29N5O2S/c1-24-2-3-27-16-11-25(10-15(16)24)19(26)21-18-23-22-17(28-18)20-7-12-4-13(8-20)6-14(5-12)9-20/h12-16H,2-11H2,1H3,(H,21,23,26). The van der Waals surface area contributed by atoms with Gasteiger partial charge in [0.2, 0.25) is 5.13 Å². The zero-order valence-electron chi connectivity index (χ0n) is 16.5. The molecule has 2 saturated heterocycles. The van der Waals surface area contributed by atoms with E-state index < -0.39 is 0 Å². The van der Waals surface area contributed by atoms with Gasteiger partial charge in [-0.25, -0.2) is 4.79 Å². The third-order valence-corrected chi connectivity index (χ3v) is 9.08. The molecule has 4 aliphatic carbocycles. The van der Waals surface area contributed by atoms with E-state index in [0.29, 0.717) is 24.3 Å². The van der Waals surface area contributed by atoms with Crippen LogP contribution in [0, 0.1) is 17.8 Å². The molecule has 3 heterocycles. The molecule has 8 heteroatoms. The Kier molecular flexibility index (Phi) is 4.00. The molecule has 6 fully saturated rings. The molecule has 4 saturated carbocycles. The van der Waals surface area contributed by atoms with Crippen molar-refractivity contribution in [2.24, 2.45) is 17.8 Å². The summed E-state index contributed by atoms with van der Waals surface area (Å²) < 4.78 is 5.86. The van der Waals surface area contributed by atoms with Gasteiger partial charge in [-0.2, -0.15) is 0 Å². The number of anilines is 1. The van der Waals surface area contributed by atoms with Crippen LogP contribution in [-0.4, -0.2) is 71.5 Å². The molecule has 1 N–H and O–H groups in total. The molecule has 1 aromatic heterocycles. The van der Waals surface area contributed by atoms with E-state index in [0.717, 1.165) is 30.9 Å². The monoisotopic (exact) mass is 403 g/mol. The van der Waals surface area contributed by atoms with Crippen LogP contribution in [0.15, 0.2) is 0 Å². The quantitative estimate of drug-likeness (QED) is 0.822. The lowest BCUT2D eigenvalue weighted by molar-refractivity contribution is -0.0367. The SMILES string of the molecule is CN1CCOC2CN(C(=O)Nc3nnc(C45CC6CC(CC(C6)C4)C5)s3)CC21. The van der Waals surface area contributed by atoms with Crippen LogP contribution < -0.4 is 5.32 Å². The van der Waals surface area contributed by atoms with Gasteiger partial charge < -0.3 is 9.64 Å². The first-order valence-electron chi connectivity index (χ1n) is 10.8. The van der Waals surface area contributed by atoms with Gasteiger partial charge in [0.1, 0.15) is 5.01 Å². The van der Waals surface area contributed by atoms with E-state index in [1.165, 1.54) is 43.5 Å². The number of rotatable bonds is 2. The number of hydrogen-bond donors (Lipinski definition) is 1. The average molecular weight is 404 g/mol. The van der Waals surface area contributed by atoms with E-state index in [4.69, 9.17) is 4.74 Å². The number of carbonyl (C=O) groups excluding carboxylic acids is 1. The Morgan fingerprint density at radius 2 is 1.86 bits per heavy atom. The maximum Gasteiger partial charge on any atom is 0.323 e. The van der Waals surface area contributed by atoms with Crippen molar-refractivity contribution in [3.8, 4) is 0 Å². The molecule has 7 rings (SSSR count). The maximum absolute atomic E-state index is 12.8. The number of hydrogen-bond acceptors (Lipinski definition) is 6. The van der Waals surface area contributed by atoms with Crippen LogP contribution in [0.3, 0.4) is 0 Å². The van der Waals surface area contributed by atoms with E-state index in [2.05, 4.69) is 27.5 Å². The number of likely N-dealkylation sites (tertiary alicyclic amines) is 1. The molecule has 0 radical (unpaired) electrons. The highest BCUT2D eigenvalue weighted by Gasteiger charge is 2.53. The summed E-state index contributed by atoms with van der Waals surface area (Å²) in [7, 11) is 2.12. The number of nitrogens with zero attached hydrogens (tertiary/aromatic N) is 4. The summed E-state index contributed by atoms with van der Waals surface area (Å²) in [5.74, 6) is 2.66. The molecule has 7 nitrogen and oxygen atoms in total. The van der Waals surface area contributed by atoms with Gasteiger partial charge in [0.05, 0.1) is 25.3 Å². The van der Waals surface area contributed by atoms with Gasteiger partial charge in [0.25, 0.3) is 0 Å². The topological polar surface area (TPSA) is 70.6 Å². The Morgan fingerprint density at radius 3 is 2.54 bits per heavy atom. The minimum absolute atomic E-state index is 0.0698. The van der Waals surface area contributed by atoms with E-state index >= 15 is 0 Å². The second-order valence-electron chi connectivity index (χ2n) is 9.90. The summed E-state index contributed by atoms with van der Waals surface area (Å²) in [6, 6.07) is 0.233. The van der Waals surface area contributed by atoms with Crippen LogP contribution in [0.1, 0.15) is 43.5 Å². The first-order valence-corrected chi connectivity index (χ1v) is 11.6. The lowest BCUT2D eigenvalue weighted by Gasteiger charge is -2.55. The van der Waals surface area contributed by atoms with Gasteiger partial charge in [-0.3, -0.25) is 10.2 Å². The minimum atomic E-state index is -0.0698. The number of morpholine rings is 1. The molecule has 6 aliphatic rings. The average Bonchev–Trinajstić information content (AvgIpc) is 3.28. The summed E-state index contributed by atoms with van der Waals surface area (Å²) in [5, 5.41) is 13.8. The van der Waals surface area contributed by atoms with Crippen LogP contribution >= 0.6 is 11.3 Å². The van der Waals surface area contributed by atoms with Crippen molar-refractivity contribution in [2.75, 3.05) is 38.6 Å². The molecule has 2 aliphatic heterocycles. The van der Waals surface area contributed by atoms with E-state index in [1.54, 1.807) is 11.3 Å². The third kappa shape index (κ3) is 2.79. The molecule has 152 valence electrons. The first kappa shape index (κ1) is 17.6. The molecule has 2 atom stereocenters. The highest BCUT2D eigenvalue weighted by molar-refractivity contribution is 7.15. The molecule has 2 amide bonds. The number of fused-ring (bicyclic) bond motifs is 1. The van der Waals surface area contributed by atoms with Crippen LogP contribution in [0.4, 0.5) is 9.93 Å². The number of aromatic nitrogens is 2. The number of likely N-dealkylation sites (N-methyl/N-ethyl adjacent to an activating group) is 1. The minimum Gasteiger partial charge on any atom is -0.373 e. The number of carbonyl (C=O) groups is 1. The van der Waals surface area contributed by atoms with Crippen molar-refractivity contribution >= 4 is 22.5 Å². The first-order chi connectivity index (χ1) is 13.6. The fourth-order valence-electron chi connectivity index (χ4n) is 7.05. The highest BCUT2D eigenvalue weighted by atomic mass is 32.1. The van der Waals surface area contributed by atoms with Gasteiger partial charge >= 0.3 is 6.03 Å². The lowest BCUT2D eigenvalue weighted by Crippen LogP contribution is -2.48. The van der Waals surface area contributed by atoms with Gasteiger partial charge in [-0.15, -0.1) is 10.2 Å². The molecule has 0 aromatic carbocycles. The van der Waals surface area contributed by atoms with Crippen molar-refractivity contribution < 1.29 is 9.53 Å². The largest absolute Gasteiger partial charge is 0.373 e. The zero-order valence-corrected chi connectivity index (χ0v) is 17.3. The van der Waals surface area contributed by atoms with Crippen LogP contribution in [-0.2, 0) is 10.2 Å². The predicted octanol–water partition coefficient (Wildman–Crippen LogP) is 2.55. The van der Waals surface area contributed by atoms with Crippen LogP contribution in [0.5, 0.6) is 0 Å². The summed E-state index contributed by atoms with van der Waals surface area (Å²) in [4.78, 5) is 17.0. The van der Waals surface area contributed by atoms with Crippen molar-refractivity contribution in [3.05, 3.63) is 5.01 Å². The zero-order chi connectivity index (χ0) is 18.9. The number of nitrogens with one attached hydrogen (secondary N) is 1. The van der Waals surface area contributed by atoms with Crippen molar-refractivity contribution in [1.82, 2.24) is 20.0 Å². The number of ether oxygens (including phenoxy) is 1. The fraction of sp³-hybridized carbons (Fsp3) is 0.850. The van der Waals surface area contributed by atoms with E-state index in [1.807, 2.05) is 4.90 Å². The fourth-order valence-corrected chi connectivity index (χ4v) is 8.01. The van der Waals surface area contributed by atoms with E-state index in [-0.39, 0.29) is 17.6 Å². The Balaban J connectivity index is 1.15. The molecule has 1 aromatic rings. The third-order valence-electron chi connectivity index (χ3n) is 8.00. The van der Waals surface area contributed by atoms with Crippen LogP contribution in [0.25, 0.3) is 0 Å². The molecule has 4 bridgehead atoms. The summed E-state index contributed by atoms with van der Waals surface area (Å²) in [6.07, 6.45) is 8.24. The number of amides is 2. The summed E-state index contributed by atoms with van der Waals surface area (Å²) in [5.41, 5.74) is 0.245.